The maximum atomic E-state index is 12.5. The molecule has 1 aromatic carbocycles. The van der Waals surface area contributed by atoms with E-state index < -0.39 is 22.7 Å². The van der Waals surface area contributed by atoms with Gasteiger partial charge < -0.3 is 5.11 Å². The van der Waals surface area contributed by atoms with E-state index in [2.05, 4.69) is 5.92 Å². The van der Waals surface area contributed by atoms with E-state index in [4.69, 9.17) is 11.5 Å². The molecule has 7 heteroatoms. The number of benzene rings is 1. The Morgan fingerprint density at radius 2 is 2.05 bits per heavy atom. The molecule has 0 radical (unpaired) electrons. The van der Waals surface area contributed by atoms with Gasteiger partial charge in [0, 0.05) is 13.1 Å². The Morgan fingerprint density at radius 1 is 1.38 bits per heavy atom. The number of terminal acetylenes is 1. The molecule has 0 aromatic heterocycles. The second kappa shape index (κ2) is 6.26. The van der Waals surface area contributed by atoms with Gasteiger partial charge in [-0.15, -0.1) is 6.42 Å². The number of carbonyl (C=O) groups is 1. The average molecular weight is 308 g/mol. The molecule has 0 aliphatic carbocycles. The first kappa shape index (κ1) is 15.5. The summed E-state index contributed by atoms with van der Waals surface area (Å²) in [6.45, 7) is -0.337. The number of hydrogen-bond acceptors (Lipinski definition) is 3. The van der Waals surface area contributed by atoms with Crippen molar-refractivity contribution in [2.24, 2.45) is 0 Å². The number of aliphatic carboxylic acids is 1. The first-order chi connectivity index (χ1) is 9.95. The van der Waals surface area contributed by atoms with Crippen molar-refractivity contribution in [3.8, 4) is 12.3 Å². The van der Waals surface area contributed by atoms with Gasteiger partial charge in [-0.2, -0.15) is 17.0 Å². The lowest BCUT2D eigenvalue weighted by Gasteiger charge is -2.31. The van der Waals surface area contributed by atoms with Crippen molar-refractivity contribution in [1.82, 2.24) is 8.61 Å². The summed E-state index contributed by atoms with van der Waals surface area (Å²) in [4.78, 5) is 10.8. The Labute approximate surface area is 124 Å². The van der Waals surface area contributed by atoms with Gasteiger partial charge in [0.1, 0.15) is 6.54 Å². The summed E-state index contributed by atoms with van der Waals surface area (Å²) in [5.74, 6) is 0.964. The standard InChI is InChI=1S/C14H16N2O4S/c1-2-8-15(11-14(17)18)21(19,20)16-9-7-12-5-3-4-6-13(12)10-16/h1,3-6H,7-11H2,(H,17,18). The molecule has 1 aromatic rings. The van der Waals surface area contributed by atoms with Crippen molar-refractivity contribution in [3.05, 3.63) is 35.4 Å². The zero-order chi connectivity index (χ0) is 15.5. The number of nitrogens with zero attached hydrogens (tertiary/aromatic N) is 2. The Morgan fingerprint density at radius 3 is 2.67 bits per heavy atom. The highest BCUT2D eigenvalue weighted by atomic mass is 32.2. The normalized spacial score (nSPS) is 15.4. The number of hydrogen-bond donors (Lipinski definition) is 1. The molecule has 0 fully saturated rings. The third kappa shape index (κ3) is 3.42. The van der Waals surface area contributed by atoms with Crippen LogP contribution in [-0.4, -0.2) is 47.7 Å². The van der Waals surface area contributed by atoms with E-state index in [0.29, 0.717) is 13.0 Å². The van der Waals surface area contributed by atoms with Crippen LogP contribution in [0.25, 0.3) is 0 Å². The highest BCUT2D eigenvalue weighted by molar-refractivity contribution is 7.86. The second-order valence-electron chi connectivity index (χ2n) is 4.73. The molecule has 0 saturated heterocycles. The topological polar surface area (TPSA) is 77.9 Å². The summed E-state index contributed by atoms with van der Waals surface area (Å²) in [6, 6.07) is 7.61. The molecule has 0 bridgehead atoms. The minimum absolute atomic E-state index is 0.235. The van der Waals surface area contributed by atoms with Crippen LogP contribution >= 0.6 is 0 Å². The molecule has 0 unspecified atom stereocenters. The number of carboxylic acids is 1. The fourth-order valence-corrected chi connectivity index (χ4v) is 3.76. The van der Waals surface area contributed by atoms with Gasteiger partial charge in [0.2, 0.25) is 0 Å². The van der Waals surface area contributed by atoms with E-state index >= 15 is 0 Å². The van der Waals surface area contributed by atoms with E-state index in [1.165, 1.54) is 4.31 Å². The number of fused-ring (bicyclic) bond motifs is 1. The van der Waals surface area contributed by atoms with Crippen LogP contribution in [0.4, 0.5) is 0 Å². The first-order valence-corrected chi connectivity index (χ1v) is 7.82. The summed E-state index contributed by atoms with van der Waals surface area (Å²) in [7, 11) is -3.88. The molecule has 0 spiro atoms. The molecule has 0 atom stereocenters. The molecule has 1 N–H and O–H groups in total. The van der Waals surface area contributed by atoms with Crippen molar-refractivity contribution in [2.45, 2.75) is 13.0 Å². The van der Waals surface area contributed by atoms with Gasteiger partial charge in [-0.3, -0.25) is 4.79 Å². The lowest BCUT2D eigenvalue weighted by atomic mass is 10.0. The zero-order valence-corrected chi connectivity index (χ0v) is 12.2. The first-order valence-electron chi connectivity index (χ1n) is 6.42. The summed E-state index contributed by atoms with van der Waals surface area (Å²) in [5, 5.41) is 8.84. The van der Waals surface area contributed by atoms with E-state index in [1.807, 2.05) is 24.3 Å². The molecule has 0 amide bonds. The van der Waals surface area contributed by atoms with Gasteiger partial charge in [-0.25, -0.2) is 0 Å². The largest absolute Gasteiger partial charge is 0.480 e. The number of carboxylic acid groups (broad SMARTS) is 1. The smallest absolute Gasteiger partial charge is 0.318 e. The van der Waals surface area contributed by atoms with Gasteiger partial charge in [0.25, 0.3) is 10.2 Å². The molecule has 1 aliphatic heterocycles. The summed E-state index contributed by atoms with van der Waals surface area (Å²) in [6.07, 6.45) is 5.74. The van der Waals surface area contributed by atoms with Gasteiger partial charge in [0.15, 0.2) is 0 Å². The number of rotatable bonds is 5. The predicted octanol–water partition coefficient (Wildman–Crippen LogP) is 0.309. The SMILES string of the molecule is C#CCN(CC(=O)O)S(=O)(=O)N1CCc2ccccc2C1. The summed E-state index contributed by atoms with van der Waals surface area (Å²) in [5.41, 5.74) is 2.05. The van der Waals surface area contributed by atoms with Crippen LogP contribution in [0, 0.1) is 12.3 Å². The van der Waals surface area contributed by atoms with E-state index in [0.717, 1.165) is 15.4 Å². The van der Waals surface area contributed by atoms with Crippen LogP contribution in [0.5, 0.6) is 0 Å². The molecule has 21 heavy (non-hydrogen) atoms. The Hall–Kier alpha value is -1.88. The van der Waals surface area contributed by atoms with Crippen molar-refractivity contribution in [2.75, 3.05) is 19.6 Å². The van der Waals surface area contributed by atoms with Crippen LogP contribution in [0.15, 0.2) is 24.3 Å². The Bertz CT molecular complexity index is 678. The lowest BCUT2D eigenvalue weighted by molar-refractivity contribution is -0.137. The minimum Gasteiger partial charge on any atom is -0.480 e. The predicted molar refractivity (Wildman–Crippen MR) is 77.5 cm³/mol. The molecule has 1 heterocycles. The molecule has 1 aliphatic rings. The van der Waals surface area contributed by atoms with E-state index in [9.17, 15) is 13.2 Å². The van der Waals surface area contributed by atoms with E-state index in [1.54, 1.807) is 0 Å². The molecule has 6 nitrogen and oxygen atoms in total. The third-order valence-electron chi connectivity index (χ3n) is 3.33. The highest BCUT2D eigenvalue weighted by Crippen LogP contribution is 2.22. The van der Waals surface area contributed by atoms with Crippen molar-refractivity contribution in [3.63, 3.8) is 0 Å². The van der Waals surface area contributed by atoms with Crippen LogP contribution in [-0.2, 0) is 28.0 Å². The monoisotopic (exact) mass is 308 g/mol. The van der Waals surface area contributed by atoms with Gasteiger partial charge in [-0.05, 0) is 17.5 Å². The maximum absolute atomic E-state index is 12.5. The van der Waals surface area contributed by atoms with Gasteiger partial charge in [-0.1, -0.05) is 30.2 Å². The Balaban J connectivity index is 2.24. The van der Waals surface area contributed by atoms with Crippen molar-refractivity contribution in [1.29, 1.82) is 0 Å². The van der Waals surface area contributed by atoms with Gasteiger partial charge >= 0.3 is 5.97 Å². The second-order valence-corrected chi connectivity index (χ2v) is 6.65. The lowest BCUT2D eigenvalue weighted by Crippen LogP contribution is -2.47. The molecule has 0 saturated carbocycles. The van der Waals surface area contributed by atoms with Crippen LogP contribution in [0.2, 0.25) is 0 Å². The molecular weight excluding hydrogens is 292 g/mol. The quantitative estimate of drug-likeness (QED) is 0.794. The van der Waals surface area contributed by atoms with Crippen molar-refractivity contribution >= 4 is 16.2 Å². The van der Waals surface area contributed by atoms with E-state index in [-0.39, 0.29) is 13.1 Å². The van der Waals surface area contributed by atoms with Crippen LogP contribution < -0.4 is 0 Å². The Kier molecular flexibility index (Phi) is 4.63. The molecule has 112 valence electrons. The molecule has 2 rings (SSSR count). The van der Waals surface area contributed by atoms with Crippen molar-refractivity contribution < 1.29 is 18.3 Å². The van der Waals surface area contributed by atoms with Crippen LogP contribution in [0.1, 0.15) is 11.1 Å². The third-order valence-corrected chi connectivity index (χ3v) is 5.20. The highest BCUT2D eigenvalue weighted by Gasteiger charge is 2.32. The molecular formula is C14H16N2O4S. The van der Waals surface area contributed by atoms with Crippen LogP contribution in [0.3, 0.4) is 0 Å². The maximum Gasteiger partial charge on any atom is 0.318 e. The zero-order valence-electron chi connectivity index (χ0n) is 11.4. The average Bonchev–Trinajstić information content (AvgIpc) is 2.46. The summed E-state index contributed by atoms with van der Waals surface area (Å²) < 4.78 is 27.1. The summed E-state index contributed by atoms with van der Waals surface area (Å²) >= 11 is 0. The minimum atomic E-state index is -3.88. The fraction of sp³-hybridized carbons (Fsp3) is 0.357. The fourth-order valence-electron chi connectivity index (χ4n) is 2.30. The van der Waals surface area contributed by atoms with Gasteiger partial charge in [0.05, 0.1) is 6.54 Å².